The Balaban J connectivity index is 1.59. The van der Waals surface area contributed by atoms with Gasteiger partial charge in [0, 0.05) is 31.5 Å². The van der Waals surface area contributed by atoms with E-state index in [-0.39, 0.29) is 43.9 Å². The zero-order valence-corrected chi connectivity index (χ0v) is 17.2. The average molecular weight is 418 g/mol. The molecular weight excluding hydrogens is 396 g/mol. The number of thiazole rings is 1. The van der Waals surface area contributed by atoms with Gasteiger partial charge in [-0.3, -0.25) is 24.2 Å². The molecule has 0 unspecified atom stereocenters. The molecule has 1 fully saturated rings. The first kappa shape index (κ1) is 19.6. The fraction of sp³-hybridized carbons (Fsp3) is 0.474. The summed E-state index contributed by atoms with van der Waals surface area (Å²) in [6.45, 7) is 1.18. The number of likely N-dealkylation sites (tertiary alicyclic amines) is 1. The second-order valence-electron chi connectivity index (χ2n) is 7.25. The molecule has 1 aromatic heterocycles. The summed E-state index contributed by atoms with van der Waals surface area (Å²) in [6, 6.07) is 3.66. The lowest BCUT2D eigenvalue weighted by Gasteiger charge is -2.23. The Morgan fingerprint density at radius 3 is 2.52 bits per heavy atom. The van der Waals surface area contributed by atoms with Crippen LogP contribution >= 0.6 is 11.3 Å². The van der Waals surface area contributed by atoms with Gasteiger partial charge in [0.1, 0.15) is 6.54 Å². The normalized spacial score (nSPS) is 15.8. The highest BCUT2D eigenvalue weighted by Gasteiger charge is 2.32. The van der Waals surface area contributed by atoms with Gasteiger partial charge in [-0.15, -0.1) is 0 Å². The number of carbonyl (C=O) groups is 3. The minimum Gasteiger partial charge on any atom is -0.454 e. The number of fused-ring (bicyclic) bond motifs is 2. The molecule has 4 rings (SSSR count). The van der Waals surface area contributed by atoms with Gasteiger partial charge in [-0.2, -0.15) is 0 Å². The van der Waals surface area contributed by atoms with Crippen LogP contribution in [0.2, 0.25) is 0 Å². The highest BCUT2D eigenvalue weighted by Crippen LogP contribution is 2.39. The first-order valence-corrected chi connectivity index (χ1v) is 10.2. The van der Waals surface area contributed by atoms with Crippen molar-refractivity contribution in [3.05, 3.63) is 12.1 Å². The Morgan fingerprint density at radius 1 is 1.14 bits per heavy atom. The molecule has 2 aromatic rings. The number of anilines is 1. The maximum atomic E-state index is 13.0. The summed E-state index contributed by atoms with van der Waals surface area (Å²) in [5, 5.41) is 0.534. The van der Waals surface area contributed by atoms with E-state index in [0.29, 0.717) is 28.7 Å². The molecule has 9 nitrogen and oxygen atoms in total. The predicted octanol–water partition coefficient (Wildman–Crippen LogP) is 1.46. The van der Waals surface area contributed by atoms with Gasteiger partial charge in [0.15, 0.2) is 16.6 Å². The van der Waals surface area contributed by atoms with Crippen molar-refractivity contribution in [1.82, 2.24) is 14.8 Å². The fourth-order valence-corrected chi connectivity index (χ4v) is 4.33. The molecule has 3 amide bonds. The highest BCUT2D eigenvalue weighted by atomic mass is 32.1. The van der Waals surface area contributed by atoms with Crippen LogP contribution in [0.1, 0.15) is 19.3 Å². The number of carbonyl (C=O) groups excluding carboxylic acids is 3. The molecule has 2 aliphatic heterocycles. The molecule has 0 bridgehead atoms. The summed E-state index contributed by atoms with van der Waals surface area (Å²) in [5.74, 6) is 0.379. The smallest absolute Gasteiger partial charge is 0.248 e. The zero-order valence-electron chi connectivity index (χ0n) is 16.3. The molecular formula is C19H22N4O5S. The molecule has 0 aliphatic carbocycles. The third-order valence-electron chi connectivity index (χ3n) is 4.84. The lowest BCUT2D eigenvalue weighted by atomic mass is 10.3. The molecule has 0 radical (unpaired) electrons. The van der Waals surface area contributed by atoms with Crippen LogP contribution in [0, 0.1) is 0 Å². The second kappa shape index (κ2) is 7.96. The summed E-state index contributed by atoms with van der Waals surface area (Å²) >= 11 is 1.37. The van der Waals surface area contributed by atoms with E-state index < -0.39 is 0 Å². The van der Waals surface area contributed by atoms with Crippen LogP contribution in [-0.2, 0) is 14.4 Å². The summed E-state index contributed by atoms with van der Waals surface area (Å²) in [6.07, 6.45) is 1.07. The van der Waals surface area contributed by atoms with Gasteiger partial charge in [0.2, 0.25) is 24.5 Å². The predicted molar refractivity (Wildman–Crippen MR) is 107 cm³/mol. The number of imide groups is 1. The van der Waals surface area contributed by atoms with Crippen LogP contribution in [0.25, 0.3) is 10.2 Å². The minimum atomic E-state index is -0.313. The van der Waals surface area contributed by atoms with Crippen LogP contribution in [-0.4, -0.2) is 73.0 Å². The molecule has 10 heteroatoms. The number of rotatable bonds is 7. The van der Waals surface area contributed by atoms with E-state index in [4.69, 9.17) is 9.47 Å². The van der Waals surface area contributed by atoms with E-state index in [1.165, 1.54) is 11.3 Å². The molecule has 0 spiro atoms. The number of benzene rings is 1. The van der Waals surface area contributed by atoms with E-state index in [1.54, 1.807) is 11.0 Å². The number of nitrogens with zero attached hydrogens (tertiary/aromatic N) is 4. The van der Waals surface area contributed by atoms with Crippen molar-refractivity contribution < 1.29 is 23.9 Å². The van der Waals surface area contributed by atoms with Crippen molar-refractivity contribution in [2.24, 2.45) is 0 Å². The Hall–Kier alpha value is -2.72. The Morgan fingerprint density at radius 2 is 1.83 bits per heavy atom. The summed E-state index contributed by atoms with van der Waals surface area (Å²) < 4.78 is 11.7. The van der Waals surface area contributed by atoms with Gasteiger partial charge in [-0.1, -0.05) is 11.3 Å². The topological polar surface area (TPSA) is 92.3 Å². The molecule has 0 saturated carbocycles. The van der Waals surface area contributed by atoms with Crippen molar-refractivity contribution in [2.75, 3.05) is 45.4 Å². The molecule has 2 aliphatic rings. The van der Waals surface area contributed by atoms with Crippen molar-refractivity contribution in [2.45, 2.75) is 19.3 Å². The summed E-state index contributed by atoms with van der Waals surface area (Å²) in [7, 11) is 3.93. The van der Waals surface area contributed by atoms with Gasteiger partial charge in [-0.25, -0.2) is 4.98 Å². The van der Waals surface area contributed by atoms with E-state index >= 15 is 0 Å². The monoisotopic (exact) mass is 418 g/mol. The van der Waals surface area contributed by atoms with Crippen molar-refractivity contribution in [1.29, 1.82) is 0 Å². The molecule has 29 heavy (non-hydrogen) atoms. The third kappa shape index (κ3) is 4.03. The molecule has 1 aromatic carbocycles. The van der Waals surface area contributed by atoms with Crippen molar-refractivity contribution >= 4 is 44.4 Å². The Labute approximate surface area is 171 Å². The van der Waals surface area contributed by atoms with Crippen molar-refractivity contribution in [3.8, 4) is 11.5 Å². The first-order chi connectivity index (χ1) is 13.9. The van der Waals surface area contributed by atoms with Crippen molar-refractivity contribution in [3.63, 3.8) is 0 Å². The molecule has 0 atom stereocenters. The number of hydrogen-bond acceptors (Lipinski definition) is 8. The van der Waals surface area contributed by atoms with Gasteiger partial charge < -0.3 is 14.4 Å². The van der Waals surface area contributed by atoms with E-state index in [1.807, 2.05) is 25.1 Å². The molecule has 0 N–H and O–H groups in total. The summed E-state index contributed by atoms with van der Waals surface area (Å²) in [5.41, 5.74) is 0.716. The zero-order chi connectivity index (χ0) is 20.5. The minimum absolute atomic E-state index is 0.166. The van der Waals surface area contributed by atoms with E-state index in [2.05, 4.69) is 4.98 Å². The molecule has 1 saturated heterocycles. The van der Waals surface area contributed by atoms with Gasteiger partial charge >= 0.3 is 0 Å². The van der Waals surface area contributed by atoms with Crippen LogP contribution in [0.4, 0.5) is 5.13 Å². The highest BCUT2D eigenvalue weighted by molar-refractivity contribution is 7.22. The van der Waals surface area contributed by atoms with Gasteiger partial charge in [0.25, 0.3) is 0 Å². The number of ether oxygens (including phenoxy) is 2. The SMILES string of the molecule is CN(C)CCCN(C(=O)CN1C(=O)CCC1=O)c1nc2cc3c(cc2s1)OCO3. The van der Waals surface area contributed by atoms with Crippen LogP contribution < -0.4 is 14.4 Å². The number of amides is 3. The van der Waals surface area contributed by atoms with E-state index in [9.17, 15) is 14.4 Å². The molecule has 3 heterocycles. The maximum Gasteiger partial charge on any atom is 0.248 e. The fourth-order valence-electron chi connectivity index (χ4n) is 3.31. The second-order valence-corrected chi connectivity index (χ2v) is 8.25. The maximum absolute atomic E-state index is 13.0. The number of hydrogen-bond donors (Lipinski definition) is 0. The lowest BCUT2D eigenvalue weighted by Crippen LogP contribution is -2.43. The Bertz CT molecular complexity index is 916. The third-order valence-corrected chi connectivity index (χ3v) is 5.88. The Kier molecular flexibility index (Phi) is 5.37. The van der Waals surface area contributed by atoms with Crippen LogP contribution in [0.3, 0.4) is 0 Å². The van der Waals surface area contributed by atoms with Gasteiger partial charge in [-0.05, 0) is 27.1 Å². The number of aromatic nitrogens is 1. The summed E-state index contributed by atoms with van der Waals surface area (Å²) in [4.78, 5) is 46.1. The lowest BCUT2D eigenvalue weighted by molar-refractivity contribution is -0.141. The quantitative estimate of drug-likeness (QED) is 0.629. The van der Waals surface area contributed by atoms with E-state index in [0.717, 1.165) is 22.6 Å². The largest absolute Gasteiger partial charge is 0.454 e. The average Bonchev–Trinajstić information content (AvgIpc) is 3.37. The standard InChI is InChI=1S/C19H22N4O5S/c1-21(2)6-3-7-22(18(26)10-23-16(24)4-5-17(23)25)19-20-12-8-13-14(28-11-27-13)9-15(12)29-19/h8-9H,3-7,10-11H2,1-2H3. The molecule has 154 valence electrons. The van der Waals surface area contributed by atoms with Crippen LogP contribution in [0.15, 0.2) is 12.1 Å². The van der Waals surface area contributed by atoms with Crippen LogP contribution in [0.5, 0.6) is 11.5 Å². The first-order valence-electron chi connectivity index (χ1n) is 9.41. The van der Waals surface area contributed by atoms with Gasteiger partial charge in [0.05, 0.1) is 10.2 Å².